The van der Waals surface area contributed by atoms with Gasteiger partial charge in [-0.1, -0.05) is 11.6 Å². The molecule has 0 spiro atoms. The molecular weight excluding hydrogens is 469 g/mol. The lowest BCUT2D eigenvalue weighted by Crippen LogP contribution is -2.34. The van der Waals surface area contributed by atoms with E-state index in [-0.39, 0.29) is 23.1 Å². The maximum atomic E-state index is 13.6. The average molecular weight is 487 g/mol. The highest BCUT2D eigenvalue weighted by Crippen LogP contribution is 2.29. The number of hydrogen-bond acceptors (Lipinski definition) is 6. The first-order valence-corrected chi connectivity index (χ1v) is 10.5. The van der Waals surface area contributed by atoms with Crippen LogP contribution >= 0.6 is 11.6 Å². The molecule has 174 valence electrons. The van der Waals surface area contributed by atoms with Crippen molar-refractivity contribution in [1.29, 1.82) is 0 Å². The van der Waals surface area contributed by atoms with Crippen molar-refractivity contribution >= 4 is 34.2 Å². The van der Waals surface area contributed by atoms with Crippen LogP contribution in [0.3, 0.4) is 0 Å². The SMILES string of the molecule is C[C@H](c1ncccn1)N(Cc1ccc(C(F)(F)F)cn1)C(=O)c1ccc2nc(N)c(Cl)cc2c1. The summed E-state index contributed by atoms with van der Waals surface area (Å²) in [5.74, 6) is 0.163. The molecule has 0 radical (unpaired) electrons. The Labute approximate surface area is 197 Å². The molecule has 0 saturated heterocycles. The number of alkyl halides is 3. The number of halogens is 4. The van der Waals surface area contributed by atoms with Crippen LogP contribution in [-0.4, -0.2) is 30.7 Å². The molecule has 0 unspecified atom stereocenters. The number of rotatable bonds is 5. The molecule has 3 aromatic heterocycles. The Morgan fingerprint density at radius 3 is 2.50 bits per heavy atom. The first-order valence-electron chi connectivity index (χ1n) is 10.1. The highest BCUT2D eigenvalue weighted by molar-refractivity contribution is 6.33. The van der Waals surface area contributed by atoms with Gasteiger partial charge in [-0.3, -0.25) is 9.78 Å². The van der Waals surface area contributed by atoms with Crippen molar-refractivity contribution in [2.24, 2.45) is 0 Å². The number of nitrogen functional groups attached to an aromatic ring is 1. The van der Waals surface area contributed by atoms with Gasteiger partial charge in [-0.2, -0.15) is 13.2 Å². The average Bonchev–Trinajstić information content (AvgIpc) is 2.82. The van der Waals surface area contributed by atoms with Crippen LogP contribution in [0.4, 0.5) is 19.0 Å². The number of aromatic nitrogens is 4. The summed E-state index contributed by atoms with van der Waals surface area (Å²) >= 11 is 6.08. The second-order valence-electron chi connectivity index (χ2n) is 7.51. The van der Waals surface area contributed by atoms with Gasteiger partial charge in [0, 0.05) is 29.5 Å². The van der Waals surface area contributed by atoms with E-state index in [0.29, 0.717) is 22.3 Å². The molecule has 3 heterocycles. The Balaban J connectivity index is 1.70. The molecule has 0 aliphatic rings. The molecule has 0 saturated carbocycles. The molecular formula is C23H18ClF3N6O. The molecule has 11 heteroatoms. The zero-order valence-electron chi connectivity index (χ0n) is 17.8. The minimum atomic E-state index is -4.50. The van der Waals surface area contributed by atoms with E-state index in [4.69, 9.17) is 17.3 Å². The minimum Gasteiger partial charge on any atom is -0.382 e. The summed E-state index contributed by atoms with van der Waals surface area (Å²) < 4.78 is 38.8. The van der Waals surface area contributed by atoms with E-state index in [9.17, 15) is 18.0 Å². The van der Waals surface area contributed by atoms with Gasteiger partial charge in [-0.15, -0.1) is 0 Å². The van der Waals surface area contributed by atoms with Crippen LogP contribution in [0.2, 0.25) is 5.02 Å². The van der Waals surface area contributed by atoms with Crippen LogP contribution in [0, 0.1) is 0 Å². The van der Waals surface area contributed by atoms with Crippen molar-refractivity contribution in [3.63, 3.8) is 0 Å². The quantitative estimate of drug-likeness (QED) is 0.422. The fraction of sp³-hybridized carbons (Fsp3) is 0.174. The van der Waals surface area contributed by atoms with Crippen molar-refractivity contribution < 1.29 is 18.0 Å². The number of anilines is 1. The van der Waals surface area contributed by atoms with Crippen molar-refractivity contribution in [1.82, 2.24) is 24.8 Å². The van der Waals surface area contributed by atoms with Crippen molar-refractivity contribution in [2.75, 3.05) is 5.73 Å². The fourth-order valence-electron chi connectivity index (χ4n) is 3.38. The second-order valence-corrected chi connectivity index (χ2v) is 7.92. The van der Waals surface area contributed by atoms with Crippen LogP contribution in [0.25, 0.3) is 10.9 Å². The lowest BCUT2D eigenvalue weighted by atomic mass is 10.1. The normalized spacial score (nSPS) is 12.5. The van der Waals surface area contributed by atoms with E-state index < -0.39 is 23.7 Å². The maximum Gasteiger partial charge on any atom is 0.417 e. The predicted molar refractivity (Wildman–Crippen MR) is 121 cm³/mol. The summed E-state index contributed by atoms with van der Waals surface area (Å²) in [5.41, 5.74) is 6.05. The number of nitrogens with zero attached hydrogens (tertiary/aromatic N) is 5. The fourth-order valence-corrected chi connectivity index (χ4v) is 3.53. The van der Waals surface area contributed by atoms with Gasteiger partial charge in [0.25, 0.3) is 5.91 Å². The molecule has 1 amide bonds. The van der Waals surface area contributed by atoms with E-state index in [1.807, 2.05) is 0 Å². The van der Waals surface area contributed by atoms with Crippen LogP contribution < -0.4 is 5.73 Å². The van der Waals surface area contributed by atoms with Crippen molar-refractivity contribution in [2.45, 2.75) is 25.7 Å². The van der Waals surface area contributed by atoms with Gasteiger partial charge in [0.2, 0.25) is 0 Å². The second kappa shape index (κ2) is 9.22. The summed E-state index contributed by atoms with van der Waals surface area (Å²) in [6.07, 6.45) is -0.663. The third-order valence-corrected chi connectivity index (χ3v) is 5.52. The molecule has 0 bridgehead atoms. The van der Waals surface area contributed by atoms with Crippen LogP contribution in [0.15, 0.2) is 61.1 Å². The zero-order chi connectivity index (χ0) is 24.5. The number of amides is 1. The van der Waals surface area contributed by atoms with Crippen molar-refractivity contribution in [3.8, 4) is 0 Å². The first-order chi connectivity index (χ1) is 16.1. The van der Waals surface area contributed by atoms with Crippen LogP contribution in [0.1, 0.15) is 40.4 Å². The molecule has 1 aromatic carbocycles. The Bertz CT molecular complexity index is 1330. The standard InChI is InChI=1S/C23H18ClF3N6O/c1-13(21-29-7-2-8-30-21)33(12-17-5-4-16(11-31-17)23(25,26)27)22(34)14-3-6-19-15(9-14)10-18(24)20(28)32-19/h2-11,13H,12H2,1H3,(H2,28,32)/t13-/m1/s1. The molecule has 4 rings (SSSR count). The topological polar surface area (TPSA) is 97.9 Å². The van der Waals surface area contributed by atoms with Gasteiger partial charge in [-0.05, 0) is 49.4 Å². The number of benzene rings is 1. The summed E-state index contributed by atoms with van der Waals surface area (Å²) in [6.45, 7) is 1.67. The number of fused-ring (bicyclic) bond motifs is 1. The van der Waals surface area contributed by atoms with Gasteiger partial charge in [0.15, 0.2) is 0 Å². The number of hydrogen-bond donors (Lipinski definition) is 1. The van der Waals surface area contributed by atoms with Gasteiger partial charge < -0.3 is 10.6 Å². The highest BCUT2D eigenvalue weighted by atomic mass is 35.5. The third-order valence-electron chi connectivity index (χ3n) is 5.21. The molecule has 0 aliphatic carbocycles. The molecule has 2 N–H and O–H groups in total. The third kappa shape index (κ3) is 4.91. The van der Waals surface area contributed by atoms with Gasteiger partial charge in [0.1, 0.15) is 11.6 Å². The van der Waals surface area contributed by atoms with Gasteiger partial charge >= 0.3 is 6.18 Å². The largest absolute Gasteiger partial charge is 0.417 e. The Kier molecular flexibility index (Phi) is 6.34. The van der Waals surface area contributed by atoms with E-state index in [1.54, 1.807) is 49.6 Å². The van der Waals surface area contributed by atoms with E-state index in [0.717, 1.165) is 12.3 Å². The Hall–Kier alpha value is -3.79. The minimum absolute atomic E-state index is 0.0603. The highest BCUT2D eigenvalue weighted by Gasteiger charge is 2.31. The number of nitrogens with two attached hydrogens (primary N) is 1. The lowest BCUT2D eigenvalue weighted by molar-refractivity contribution is -0.137. The number of carbonyl (C=O) groups is 1. The zero-order valence-corrected chi connectivity index (χ0v) is 18.5. The lowest BCUT2D eigenvalue weighted by Gasteiger charge is -2.28. The summed E-state index contributed by atoms with van der Waals surface area (Å²) in [5, 5.41) is 0.871. The molecule has 34 heavy (non-hydrogen) atoms. The monoisotopic (exact) mass is 486 g/mol. The molecule has 0 aliphatic heterocycles. The first kappa shape index (κ1) is 23.4. The van der Waals surface area contributed by atoms with Gasteiger partial charge in [0.05, 0.1) is 34.4 Å². The maximum absolute atomic E-state index is 13.6. The summed E-state index contributed by atoms with van der Waals surface area (Å²) in [4.78, 5) is 31.6. The van der Waals surface area contributed by atoms with E-state index in [2.05, 4.69) is 19.9 Å². The smallest absolute Gasteiger partial charge is 0.382 e. The Morgan fingerprint density at radius 1 is 1.12 bits per heavy atom. The van der Waals surface area contributed by atoms with E-state index >= 15 is 0 Å². The molecule has 0 fully saturated rings. The number of pyridine rings is 2. The molecule has 1 atom stereocenters. The molecule has 4 aromatic rings. The Morgan fingerprint density at radius 2 is 1.85 bits per heavy atom. The molecule has 7 nitrogen and oxygen atoms in total. The van der Waals surface area contributed by atoms with Crippen LogP contribution in [-0.2, 0) is 12.7 Å². The predicted octanol–water partition coefficient (Wildman–Crippen LogP) is 5.08. The summed E-state index contributed by atoms with van der Waals surface area (Å²) in [6, 6.07) is 9.71. The van der Waals surface area contributed by atoms with Crippen LogP contribution in [0.5, 0.6) is 0 Å². The summed E-state index contributed by atoms with van der Waals surface area (Å²) in [7, 11) is 0. The van der Waals surface area contributed by atoms with E-state index in [1.165, 1.54) is 11.0 Å². The number of carbonyl (C=O) groups excluding carboxylic acids is 1. The van der Waals surface area contributed by atoms with Gasteiger partial charge in [-0.25, -0.2) is 15.0 Å². The van der Waals surface area contributed by atoms with Crippen molar-refractivity contribution in [3.05, 3.63) is 88.7 Å².